The molecule has 0 bridgehead atoms. The number of aromatic carboxylic acids is 1. The largest absolute Gasteiger partial charge is 0.481 e. The Morgan fingerprint density at radius 1 is 1.05 bits per heavy atom. The number of piperidine rings is 1. The molecule has 190 valence electrons. The van der Waals surface area contributed by atoms with Gasteiger partial charge in [0.25, 0.3) is 5.91 Å². The average molecular weight is 503 g/mol. The minimum absolute atomic E-state index is 0.0590. The molecule has 0 saturated carbocycles. The molecule has 2 aromatic heterocycles. The van der Waals surface area contributed by atoms with Gasteiger partial charge in [-0.25, -0.2) is 24.4 Å². The Morgan fingerprint density at radius 3 is 2.43 bits per heavy atom. The molecule has 5 rings (SSSR count). The number of hydrogen-bond donors (Lipinski definition) is 1. The monoisotopic (exact) mass is 502 g/mol. The maximum Gasteiger partial charge on any atom is 0.339 e. The number of carboxylic acids is 1. The third kappa shape index (κ3) is 4.27. The van der Waals surface area contributed by atoms with Crippen molar-refractivity contribution < 1.29 is 24.2 Å². The molecule has 2 saturated heterocycles. The Bertz CT molecular complexity index is 1350. The van der Waals surface area contributed by atoms with E-state index in [2.05, 4.69) is 19.9 Å². The van der Waals surface area contributed by atoms with Crippen LogP contribution < -0.4 is 14.5 Å². The van der Waals surface area contributed by atoms with Gasteiger partial charge in [0.15, 0.2) is 0 Å². The molecule has 1 aromatic carbocycles. The number of benzene rings is 1. The summed E-state index contributed by atoms with van der Waals surface area (Å²) in [6, 6.07) is 10.6. The minimum Gasteiger partial charge on any atom is -0.481 e. The SMILES string of the molecule is COc1ccnc(N2C(=O)N(c3ccc(C(=O)O)cc3)C(=O)C23CCN(Cc2ncccc2C)CC3)n1. The van der Waals surface area contributed by atoms with Crippen LogP contribution in [0.5, 0.6) is 5.88 Å². The quantitative estimate of drug-likeness (QED) is 0.506. The van der Waals surface area contributed by atoms with Gasteiger partial charge in [-0.2, -0.15) is 4.98 Å². The number of nitrogens with zero attached hydrogens (tertiary/aromatic N) is 6. The number of ether oxygens (including phenoxy) is 1. The summed E-state index contributed by atoms with van der Waals surface area (Å²) in [4.78, 5) is 56.9. The summed E-state index contributed by atoms with van der Waals surface area (Å²) in [6.07, 6.45) is 3.99. The zero-order valence-corrected chi connectivity index (χ0v) is 20.5. The smallest absolute Gasteiger partial charge is 0.339 e. The van der Waals surface area contributed by atoms with Crippen LogP contribution in [0.4, 0.5) is 16.4 Å². The number of methoxy groups -OCH3 is 1. The van der Waals surface area contributed by atoms with Crippen molar-refractivity contribution in [3.05, 3.63) is 71.7 Å². The lowest BCUT2D eigenvalue weighted by molar-refractivity contribution is -0.123. The lowest BCUT2D eigenvalue weighted by atomic mass is 9.85. The second-order valence-corrected chi connectivity index (χ2v) is 9.08. The number of aromatic nitrogens is 3. The number of rotatable bonds is 6. The van der Waals surface area contributed by atoms with Crippen molar-refractivity contribution >= 4 is 29.5 Å². The molecule has 2 aliphatic heterocycles. The van der Waals surface area contributed by atoms with E-state index in [1.807, 2.05) is 19.1 Å². The van der Waals surface area contributed by atoms with Gasteiger partial charge in [0.1, 0.15) is 5.54 Å². The summed E-state index contributed by atoms with van der Waals surface area (Å²) in [5.41, 5.74) is 1.22. The molecule has 0 radical (unpaired) electrons. The molecule has 0 atom stereocenters. The highest BCUT2D eigenvalue weighted by Gasteiger charge is 2.60. The first-order valence-electron chi connectivity index (χ1n) is 11.9. The number of carbonyl (C=O) groups excluding carboxylic acids is 2. The van der Waals surface area contributed by atoms with Gasteiger partial charge in [-0.15, -0.1) is 0 Å². The fourth-order valence-electron chi connectivity index (χ4n) is 4.90. The molecule has 1 N–H and O–H groups in total. The fourth-order valence-corrected chi connectivity index (χ4v) is 4.90. The van der Waals surface area contributed by atoms with Crippen LogP contribution in [0.2, 0.25) is 0 Å². The van der Waals surface area contributed by atoms with E-state index in [9.17, 15) is 19.5 Å². The molecule has 11 heteroatoms. The zero-order chi connectivity index (χ0) is 26.2. The molecule has 3 aromatic rings. The van der Waals surface area contributed by atoms with Gasteiger partial charge in [0.05, 0.1) is 24.1 Å². The van der Waals surface area contributed by atoms with Crippen LogP contribution >= 0.6 is 0 Å². The Kier molecular flexibility index (Phi) is 6.30. The number of aryl methyl sites for hydroxylation is 1. The summed E-state index contributed by atoms with van der Waals surface area (Å²) >= 11 is 0. The normalized spacial score (nSPS) is 17.5. The topological polar surface area (TPSA) is 129 Å². The molecule has 0 aliphatic carbocycles. The number of likely N-dealkylation sites (tertiary alicyclic amines) is 1. The maximum atomic E-state index is 14.0. The van der Waals surface area contributed by atoms with Crippen molar-refractivity contribution in [2.24, 2.45) is 0 Å². The number of anilines is 2. The third-order valence-electron chi connectivity index (χ3n) is 6.99. The highest BCUT2D eigenvalue weighted by atomic mass is 16.5. The van der Waals surface area contributed by atoms with Crippen molar-refractivity contribution in [2.45, 2.75) is 31.8 Å². The second kappa shape index (κ2) is 9.58. The molecule has 0 unspecified atom stereocenters. The number of carboxylic acid groups (broad SMARTS) is 1. The van der Waals surface area contributed by atoms with Gasteiger partial charge < -0.3 is 9.84 Å². The van der Waals surface area contributed by atoms with Crippen LogP contribution in [0.15, 0.2) is 54.9 Å². The van der Waals surface area contributed by atoms with E-state index >= 15 is 0 Å². The van der Waals surface area contributed by atoms with Crippen molar-refractivity contribution in [3.63, 3.8) is 0 Å². The van der Waals surface area contributed by atoms with Crippen LogP contribution in [0.25, 0.3) is 0 Å². The Balaban J connectivity index is 1.49. The zero-order valence-electron chi connectivity index (χ0n) is 20.5. The van der Waals surface area contributed by atoms with Crippen LogP contribution in [0, 0.1) is 6.92 Å². The number of amides is 3. The van der Waals surface area contributed by atoms with Gasteiger partial charge in [-0.3, -0.25) is 14.7 Å². The van der Waals surface area contributed by atoms with E-state index in [1.54, 1.807) is 12.3 Å². The van der Waals surface area contributed by atoms with E-state index in [-0.39, 0.29) is 29.0 Å². The minimum atomic E-state index is -1.19. The van der Waals surface area contributed by atoms with Crippen molar-refractivity contribution in [2.75, 3.05) is 30.0 Å². The van der Waals surface area contributed by atoms with Crippen LogP contribution in [0.3, 0.4) is 0 Å². The van der Waals surface area contributed by atoms with Crippen molar-refractivity contribution in [1.29, 1.82) is 0 Å². The first kappa shape index (κ1) is 24.3. The number of hydrogen-bond acceptors (Lipinski definition) is 8. The summed E-state index contributed by atoms with van der Waals surface area (Å²) in [7, 11) is 1.47. The molecular formula is C26H26N6O5. The van der Waals surface area contributed by atoms with Crippen LogP contribution in [-0.2, 0) is 11.3 Å². The number of carbonyl (C=O) groups is 3. The summed E-state index contributed by atoms with van der Waals surface area (Å²) in [6.45, 7) is 3.77. The van der Waals surface area contributed by atoms with Gasteiger partial charge in [0, 0.05) is 38.1 Å². The van der Waals surface area contributed by atoms with Gasteiger partial charge >= 0.3 is 12.0 Å². The average Bonchev–Trinajstić information content (AvgIpc) is 3.12. The summed E-state index contributed by atoms with van der Waals surface area (Å²) in [5, 5.41) is 9.24. The number of urea groups is 1. The maximum absolute atomic E-state index is 14.0. The Morgan fingerprint density at radius 2 is 1.78 bits per heavy atom. The van der Waals surface area contributed by atoms with E-state index < -0.39 is 17.5 Å². The van der Waals surface area contributed by atoms with Gasteiger partial charge in [-0.1, -0.05) is 6.07 Å². The Labute approximate surface area is 213 Å². The third-order valence-corrected chi connectivity index (χ3v) is 6.99. The molecule has 1 spiro atoms. The lowest BCUT2D eigenvalue weighted by Gasteiger charge is -2.41. The van der Waals surface area contributed by atoms with Gasteiger partial charge in [-0.05, 0) is 55.7 Å². The fraction of sp³-hybridized carbons (Fsp3) is 0.308. The molecule has 2 fully saturated rings. The highest BCUT2D eigenvalue weighted by Crippen LogP contribution is 2.41. The first-order valence-corrected chi connectivity index (χ1v) is 11.9. The predicted octanol–water partition coefficient (Wildman–Crippen LogP) is 2.89. The first-order chi connectivity index (χ1) is 17.8. The second-order valence-electron chi connectivity index (χ2n) is 9.08. The van der Waals surface area contributed by atoms with E-state index in [4.69, 9.17) is 4.74 Å². The van der Waals surface area contributed by atoms with Gasteiger partial charge in [0.2, 0.25) is 11.8 Å². The number of imide groups is 1. The molecular weight excluding hydrogens is 476 g/mol. The summed E-state index contributed by atoms with van der Waals surface area (Å²) < 4.78 is 5.24. The number of pyridine rings is 1. The van der Waals surface area contributed by atoms with Crippen LogP contribution in [-0.4, -0.2) is 68.6 Å². The van der Waals surface area contributed by atoms with Crippen LogP contribution in [0.1, 0.15) is 34.5 Å². The standard InChI is InChI=1S/C26H26N6O5/c1-17-4-3-12-27-20(17)16-30-14-10-26(11-15-30)23(35)31(19-7-5-18(6-8-19)22(33)34)25(36)32(26)24-28-13-9-21(29-24)37-2/h3-9,12-13H,10-11,14-16H2,1-2H3,(H,33,34). The molecule has 2 aliphatic rings. The van der Waals surface area contributed by atoms with Crippen molar-refractivity contribution in [1.82, 2.24) is 19.9 Å². The van der Waals surface area contributed by atoms with E-state index in [0.29, 0.717) is 32.5 Å². The molecule has 37 heavy (non-hydrogen) atoms. The van der Waals surface area contributed by atoms with E-state index in [1.165, 1.54) is 42.5 Å². The molecule has 4 heterocycles. The predicted molar refractivity (Wildman–Crippen MR) is 134 cm³/mol. The molecule has 3 amide bonds. The lowest BCUT2D eigenvalue weighted by Crippen LogP contribution is -2.57. The molecule has 11 nitrogen and oxygen atoms in total. The highest BCUT2D eigenvalue weighted by molar-refractivity contribution is 6.30. The summed E-state index contributed by atoms with van der Waals surface area (Å²) in [5.74, 6) is -1.13. The van der Waals surface area contributed by atoms with Crippen molar-refractivity contribution in [3.8, 4) is 5.88 Å². The Hall–Kier alpha value is -4.38. The van der Waals surface area contributed by atoms with E-state index in [0.717, 1.165) is 16.2 Å².